The normalized spacial score (nSPS) is 12.1. The first-order chi connectivity index (χ1) is 12.1. The van der Waals surface area contributed by atoms with Crippen LogP contribution >= 0.6 is 0 Å². The maximum absolute atomic E-state index is 12.4. The predicted octanol–water partition coefficient (Wildman–Crippen LogP) is 1.86. The van der Waals surface area contributed by atoms with Gasteiger partial charge in [0.2, 0.25) is 5.91 Å². The molecule has 1 unspecified atom stereocenters. The fourth-order valence-electron chi connectivity index (χ4n) is 2.49. The van der Waals surface area contributed by atoms with Crippen molar-refractivity contribution in [3.63, 3.8) is 0 Å². The third kappa shape index (κ3) is 5.54. The third-order valence-corrected chi connectivity index (χ3v) is 4.29. The van der Waals surface area contributed by atoms with E-state index < -0.39 is 34.3 Å². The average Bonchev–Trinajstić information content (AvgIpc) is 2.60. The summed E-state index contributed by atoms with van der Waals surface area (Å²) < 4.78 is 0. The average molecular weight is 365 g/mol. The van der Waals surface area contributed by atoms with Gasteiger partial charge in [0.15, 0.2) is 0 Å². The number of nitrogens with one attached hydrogen (secondary N) is 2. The molecule has 3 N–H and O–H groups in total. The number of nitro groups is 1. The van der Waals surface area contributed by atoms with Crippen LogP contribution in [0.3, 0.4) is 0 Å². The maximum Gasteiger partial charge on any atom is 0.305 e. The monoisotopic (exact) mass is 365 g/mol. The predicted molar refractivity (Wildman–Crippen MR) is 93.7 cm³/mol. The molecule has 142 valence electrons. The molecule has 0 heterocycles. The van der Waals surface area contributed by atoms with Gasteiger partial charge in [-0.25, -0.2) is 0 Å². The molecule has 0 aliphatic rings. The van der Waals surface area contributed by atoms with Crippen LogP contribution in [0.2, 0.25) is 0 Å². The molecule has 0 aromatic heterocycles. The van der Waals surface area contributed by atoms with Crippen molar-refractivity contribution < 1.29 is 24.4 Å². The van der Waals surface area contributed by atoms with Crippen LogP contribution in [0.4, 0.5) is 5.69 Å². The summed E-state index contributed by atoms with van der Waals surface area (Å²) in [5.41, 5.74) is -1.07. The summed E-state index contributed by atoms with van der Waals surface area (Å²) in [6.45, 7) is 5.01. The van der Waals surface area contributed by atoms with Gasteiger partial charge in [0, 0.05) is 17.7 Å². The SMILES string of the molecule is CCC(CC)(CC(=O)O)NC(=O)C(C)NC(=O)c1cccc([N+](=O)[O-])c1. The van der Waals surface area contributed by atoms with Gasteiger partial charge in [-0.05, 0) is 25.8 Å². The van der Waals surface area contributed by atoms with Gasteiger partial charge < -0.3 is 15.7 Å². The van der Waals surface area contributed by atoms with E-state index in [-0.39, 0.29) is 17.7 Å². The van der Waals surface area contributed by atoms with Crippen molar-refractivity contribution in [3.05, 3.63) is 39.9 Å². The van der Waals surface area contributed by atoms with Gasteiger partial charge in [-0.2, -0.15) is 0 Å². The Kier molecular flexibility index (Phi) is 7.24. The second-order valence-electron chi connectivity index (χ2n) is 6.05. The number of carbonyl (C=O) groups excluding carboxylic acids is 2. The van der Waals surface area contributed by atoms with Crippen molar-refractivity contribution in [1.82, 2.24) is 10.6 Å². The minimum absolute atomic E-state index is 0.0571. The van der Waals surface area contributed by atoms with E-state index >= 15 is 0 Å². The third-order valence-electron chi connectivity index (χ3n) is 4.29. The Morgan fingerprint density at radius 1 is 1.27 bits per heavy atom. The van der Waals surface area contributed by atoms with Gasteiger partial charge >= 0.3 is 5.97 Å². The summed E-state index contributed by atoms with van der Waals surface area (Å²) in [5, 5.41) is 25.0. The lowest BCUT2D eigenvalue weighted by molar-refractivity contribution is -0.384. The Morgan fingerprint density at radius 3 is 2.38 bits per heavy atom. The fourth-order valence-corrected chi connectivity index (χ4v) is 2.49. The van der Waals surface area contributed by atoms with Crippen molar-refractivity contribution in [1.29, 1.82) is 0 Å². The van der Waals surface area contributed by atoms with E-state index in [1.807, 2.05) is 0 Å². The zero-order chi connectivity index (χ0) is 19.9. The zero-order valence-electron chi connectivity index (χ0n) is 14.9. The van der Waals surface area contributed by atoms with Crippen LogP contribution in [0.5, 0.6) is 0 Å². The van der Waals surface area contributed by atoms with E-state index in [2.05, 4.69) is 10.6 Å². The van der Waals surface area contributed by atoms with Crippen molar-refractivity contribution in [2.45, 2.75) is 51.6 Å². The van der Waals surface area contributed by atoms with Crippen LogP contribution < -0.4 is 10.6 Å². The van der Waals surface area contributed by atoms with E-state index in [9.17, 15) is 24.5 Å². The Hall–Kier alpha value is -2.97. The van der Waals surface area contributed by atoms with Gasteiger partial charge in [0.1, 0.15) is 6.04 Å². The molecule has 26 heavy (non-hydrogen) atoms. The van der Waals surface area contributed by atoms with Gasteiger partial charge in [0.25, 0.3) is 11.6 Å². The van der Waals surface area contributed by atoms with Gasteiger partial charge in [-0.15, -0.1) is 0 Å². The van der Waals surface area contributed by atoms with Crippen LogP contribution in [0.1, 0.15) is 50.4 Å². The minimum Gasteiger partial charge on any atom is -0.481 e. The molecule has 2 amide bonds. The van der Waals surface area contributed by atoms with Crippen molar-refractivity contribution in [2.24, 2.45) is 0 Å². The number of nitrogens with zero attached hydrogens (tertiary/aromatic N) is 1. The molecule has 0 aliphatic carbocycles. The van der Waals surface area contributed by atoms with E-state index in [0.717, 1.165) is 6.07 Å². The summed E-state index contributed by atoms with van der Waals surface area (Å²) >= 11 is 0. The second-order valence-corrected chi connectivity index (χ2v) is 6.05. The van der Waals surface area contributed by atoms with Crippen LogP contribution in [0.15, 0.2) is 24.3 Å². The first kappa shape index (κ1) is 21.1. The highest BCUT2D eigenvalue weighted by molar-refractivity contribution is 5.98. The Labute approximate surface area is 150 Å². The fraction of sp³-hybridized carbons (Fsp3) is 0.471. The Morgan fingerprint density at radius 2 is 1.88 bits per heavy atom. The zero-order valence-corrected chi connectivity index (χ0v) is 14.9. The standard InChI is InChI=1S/C17H23N3O6/c1-4-17(5-2,10-14(21)22)19-15(23)11(3)18-16(24)12-7-6-8-13(9-12)20(25)26/h6-9,11H,4-5,10H2,1-3H3,(H,18,24)(H,19,23)(H,21,22). The maximum atomic E-state index is 12.4. The van der Waals surface area contributed by atoms with E-state index in [1.54, 1.807) is 13.8 Å². The molecule has 1 rings (SSSR count). The molecule has 0 radical (unpaired) electrons. The van der Waals surface area contributed by atoms with Crippen LogP contribution in [-0.4, -0.2) is 39.4 Å². The lowest BCUT2D eigenvalue weighted by Crippen LogP contribution is -2.55. The Balaban J connectivity index is 2.82. The lowest BCUT2D eigenvalue weighted by atomic mass is 9.88. The molecular weight excluding hydrogens is 342 g/mol. The second kappa shape index (κ2) is 8.93. The highest BCUT2D eigenvalue weighted by atomic mass is 16.6. The molecule has 0 fully saturated rings. The number of carboxylic acid groups (broad SMARTS) is 1. The number of benzene rings is 1. The van der Waals surface area contributed by atoms with Gasteiger partial charge in [0.05, 0.1) is 16.9 Å². The summed E-state index contributed by atoms with van der Waals surface area (Å²) in [4.78, 5) is 45.8. The lowest BCUT2D eigenvalue weighted by Gasteiger charge is -2.32. The summed E-state index contributed by atoms with van der Waals surface area (Å²) in [6, 6.07) is 4.22. The summed E-state index contributed by atoms with van der Waals surface area (Å²) in [5.74, 6) is -2.18. The molecular formula is C17H23N3O6. The van der Waals surface area contributed by atoms with Crippen molar-refractivity contribution in [2.75, 3.05) is 0 Å². The number of nitro benzene ring substituents is 1. The van der Waals surface area contributed by atoms with Crippen LogP contribution in [0.25, 0.3) is 0 Å². The number of amides is 2. The van der Waals surface area contributed by atoms with Crippen LogP contribution in [-0.2, 0) is 9.59 Å². The number of hydrogen-bond acceptors (Lipinski definition) is 5. The quantitative estimate of drug-likeness (QED) is 0.451. The topological polar surface area (TPSA) is 139 Å². The highest BCUT2D eigenvalue weighted by Crippen LogP contribution is 2.20. The molecule has 1 atom stereocenters. The number of aliphatic carboxylic acids is 1. The molecule has 0 saturated carbocycles. The number of hydrogen-bond donors (Lipinski definition) is 3. The van der Waals surface area contributed by atoms with E-state index in [1.165, 1.54) is 25.1 Å². The molecule has 0 saturated heterocycles. The first-order valence-corrected chi connectivity index (χ1v) is 8.23. The molecule has 9 heteroatoms. The highest BCUT2D eigenvalue weighted by Gasteiger charge is 2.32. The number of non-ortho nitro benzene ring substituents is 1. The van der Waals surface area contributed by atoms with Gasteiger partial charge in [-0.3, -0.25) is 24.5 Å². The minimum atomic E-state index is -1.03. The number of rotatable bonds is 9. The van der Waals surface area contributed by atoms with Crippen molar-refractivity contribution in [3.8, 4) is 0 Å². The molecule has 9 nitrogen and oxygen atoms in total. The molecule has 0 aliphatic heterocycles. The molecule has 0 spiro atoms. The number of carboxylic acids is 1. The smallest absolute Gasteiger partial charge is 0.305 e. The van der Waals surface area contributed by atoms with Crippen molar-refractivity contribution >= 4 is 23.5 Å². The molecule has 0 bridgehead atoms. The van der Waals surface area contributed by atoms with E-state index in [0.29, 0.717) is 12.8 Å². The summed E-state index contributed by atoms with van der Waals surface area (Å²) in [6.07, 6.45) is 0.622. The first-order valence-electron chi connectivity index (χ1n) is 8.23. The Bertz CT molecular complexity index is 699. The summed E-state index contributed by atoms with van der Waals surface area (Å²) in [7, 11) is 0. The van der Waals surface area contributed by atoms with Crippen LogP contribution in [0, 0.1) is 10.1 Å². The largest absolute Gasteiger partial charge is 0.481 e. The van der Waals surface area contributed by atoms with Gasteiger partial charge in [-0.1, -0.05) is 19.9 Å². The van der Waals surface area contributed by atoms with E-state index in [4.69, 9.17) is 5.11 Å². The molecule has 1 aromatic carbocycles. The molecule has 1 aromatic rings. The number of carbonyl (C=O) groups is 3.